The topological polar surface area (TPSA) is 12.0 Å². The van der Waals surface area contributed by atoms with Crippen molar-refractivity contribution < 1.29 is 4.39 Å². The van der Waals surface area contributed by atoms with Gasteiger partial charge in [-0.15, -0.1) is 11.3 Å². The minimum atomic E-state index is -0.231. The van der Waals surface area contributed by atoms with Gasteiger partial charge in [0.1, 0.15) is 5.82 Å². The highest BCUT2D eigenvalue weighted by Gasteiger charge is 2.09. The lowest BCUT2D eigenvalue weighted by Gasteiger charge is -2.15. The first kappa shape index (κ1) is 12.6. The molecule has 0 amide bonds. The van der Waals surface area contributed by atoms with Crippen LogP contribution in [0.5, 0.6) is 0 Å². The molecule has 4 heteroatoms. The van der Waals surface area contributed by atoms with Gasteiger partial charge in [-0.25, -0.2) is 4.39 Å². The summed E-state index contributed by atoms with van der Waals surface area (Å²) in [6, 6.07) is 9.02. The number of hydrogen-bond donors (Lipinski definition) is 1. The normalized spacial score (nSPS) is 12.5. The molecule has 0 saturated heterocycles. The fourth-order valence-electron chi connectivity index (χ4n) is 1.60. The van der Waals surface area contributed by atoms with Crippen LogP contribution in [0.3, 0.4) is 0 Å². The summed E-state index contributed by atoms with van der Waals surface area (Å²) in [4.78, 5) is 2.53. The molecule has 2 aromatic rings. The van der Waals surface area contributed by atoms with Crippen molar-refractivity contribution in [2.45, 2.75) is 19.9 Å². The van der Waals surface area contributed by atoms with Crippen LogP contribution in [0.2, 0.25) is 0 Å². The number of rotatable bonds is 3. The van der Waals surface area contributed by atoms with Crippen molar-refractivity contribution in [2.75, 3.05) is 5.32 Å². The first-order chi connectivity index (χ1) is 8.06. The molecule has 1 atom stereocenters. The third kappa shape index (κ3) is 3.07. The van der Waals surface area contributed by atoms with Crippen molar-refractivity contribution in [1.29, 1.82) is 0 Å². The van der Waals surface area contributed by atoms with Gasteiger partial charge in [-0.1, -0.05) is 0 Å². The molecule has 0 fully saturated rings. The van der Waals surface area contributed by atoms with Gasteiger partial charge in [0.05, 0.1) is 11.7 Å². The van der Waals surface area contributed by atoms with Gasteiger partial charge in [0, 0.05) is 14.2 Å². The van der Waals surface area contributed by atoms with E-state index in [-0.39, 0.29) is 11.9 Å². The van der Waals surface area contributed by atoms with Gasteiger partial charge in [0.15, 0.2) is 0 Å². The van der Waals surface area contributed by atoms with Gasteiger partial charge < -0.3 is 5.32 Å². The Hall–Kier alpha value is -0.870. The van der Waals surface area contributed by atoms with E-state index in [1.807, 2.05) is 0 Å². The lowest BCUT2D eigenvalue weighted by Crippen LogP contribution is -2.05. The Labute approximate surface area is 113 Å². The summed E-state index contributed by atoms with van der Waals surface area (Å²) >= 11 is 5.16. The zero-order valence-electron chi connectivity index (χ0n) is 9.63. The van der Waals surface area contributed by atoms with Crippen LogP contribution in [-0.2, 0) is 0 Å². The summed E-state index contributed by atoms with van der Waals surface area (Å²) in [5.74, 6) is -0.231. The minimum Gasteiger partial charge on any atom is -0.377 e. The van der Waals surface area contributed by atoms with Crippen LogP contribution < -0.4 is 5.32 Å². The van der Waals surface area contributed by atoms with Gasteiger partial charge in [0.25, 0.3) is 0 Å². The summed E-state index contributed by atoms with van der Waals surface area (Å²) < 4.78 is 14.0. The number of anilines is 1. The Bertz CT molecular complexity index is 524. The monoisotopic (exact) mass is 313 g/mol. The highest BCUT2D eigenvalue weighted by atomic mass is 79.9. The molecule has 1 nitrogen and oxygen atoms in total. The largest absolute Gasteiger partial charge is 0.377 e. The molecular weight excluding hydrogens is 301 g/mol. The van der Waals surface area contributed by atoms with Gasteiger partial charge >= 0.3 is 0 Å². The zero-order chi connectivity index (χ0) is 12.4. The van der Waals surface area contributed by atoms with Gasteiger partial charge in [-0.2, -0.15) is 0 Å². The number of aryl methyl sites for hydroxylation is 1. The second-order valence-electron chi connectivity index (χ2n) is 3.94. The molecule has 90 valence electrons. The molecule has 1 aromatic heterocycles. The molecule has 1 unspecified atom stereocenters. The van der Waals surface area contributed by atoms with E-state index in [2.05, 4.69) is 47.2 Å². The zero-order valence-corrected chi connectivity index (χ0v) is 12.0. The van der Waals surface area contributed by atoms with E-state index >= 15 is 0 Å². The Morgan fingerprint density at radius 2 is 2.06 bits per heavy atom. The number of benzene rings is 1. The number of thiophene rings is 1. The van der Waals surface area contributed by atoms with Crippen molar-refractivity contribution in [3.63, 3.8) is 0 Å². The van der Waals surface area contributed by atoms with Crippen molar-refractivity contribution >= 4 is 33.0 Å². The average molecular weight is 314 g/mol. The van der Waals surface area contributed by atoms with Gasteiger partial charge in [-0.05, 0) is 60.1 Å². The third-order valence-electron chi connectivity index (χ3n) is 2.49. The summed E-state index contributed by atoms with van der Waals surface area (Å²) in [6.45, 7) is 4.15. The highest BCUT2D eigenvalue weighted by Crippen LogP contribution is 2.29. The van der Waals surface area contributed by atoms with Crippen LogP contribution >= 0.6 is 27.3 Å². The minimum absolute atomic E-state index is 0.173. The van der Waals surface area contributed by atoms with Crippen LogP contribution in [0.25, 0.3) is 0 Å². The standard InChI is InChI=1S/C13H13BrFNS/c1-8-3-6-13(17-8)9(2)16-12-7-10(15)4-5-11(12)14/h3-7,9,16H,1-2H3. The number of hydrogen-bond acceptors (Lipinski definition) is 2. The first-order valence-corrected chi connectivity index (χ1v) is 6.95. The molecule has 2 rings (SSSR count). The third-order valence-corrected chi connectivity index (χ3v) is 4.36. The van der Waals surface area contributed by atoms with Crippen molar-refractivity contribution in [3.05, 3.63) is 50.4 Å². The maximum atomic E-state index is 13.1. The van der Waals surface area contributed by atoms with E-state index in [1.54, 1.807) is 17.4 Å². The average Bonchev–Trinajstić information content (AvgIpc) is 2.70. The first-order valence-electron chi connectivity index (χ1n) is 5.34. The highest BCUT2D eigenvalue weighted by molar-refractivity contribution is 9.10. The quantitative estimate of drug-likeness (QED) is 0.828. The van der Waals surface area contributed by atoms with Crippen molar-refractivity contribution in [2.24, 2.45) is 0 Å². The van der Waals surface area contributed by atoms with Crippen LogP contribution in [0.4, 0.5) is 10.1 Å². The molecular formula is C13H13BrFNS. The molecule has 1 heterocycles. The van der Waals surface area contributed by atoms with Crippen LogP contribution in [0.15, 0.2) is 34.8 Å². The molecule has 0 aliphatic heterocycles. The lowest BCUT2D eigenvalue weighted by molar-refractivity contribution is 0.627. The van der Waals surface area contributed by atoms with Crippen molar-refractivity contribution in [1.82, 2.24) is 0 Å². The fourth-order valence-corrected chi connectivity index (χ4v) is 2.84. The molecule has 0 aliphatic rings. The Morgan fingerprint density at radius 1 is 1.29 bits per heavy atom. The van der Waals surface area contributed by atoms with E-state index < -0.39 is 0 Å². The number of nitrogens with one attached hydrogen (secondary N) is 1. The summed E-state index contributed by atoms with van der Waals surface area (Å²) in [7, 11) is 0. The summed E-state index contributed by atoms with van der Waals surface area (Å²) in [5.41, 5.74) is 0.781. The predicted octanol–water partition coefficient (Wildman–Crippen LogP) is 5.13. The van der Waals surface area contributed by atoms with Crippen LogP contribution in [0, 0.1) is 12.7 Å². The van der Waals surface area contributed by atoms with Crippen molar-refractivity contribution in [3.8, 4) is 0 Å². The predicted molar refractivity (Wildman–Crippen MR) is 75.2 cm³/mol. The maximum absolute atomic E-state index is 13.1. The number of halogens is 2. The van der Waals surface area contributed by atoms with E-state index in [0.29, 0.717) is 0 Å². The molecule has 0 bridgehead atoms. The van der Waals surface area contributed by atoms with Gasteiger partial charge in [0.2, 0.25) is 0 Å². The van der Waals surface area contributed by atoms with E-state index in [1.165, 1.54) is 21.9 Å². The molecule has 0 saturated carbocycles. The van der Waals surface area contributed by atoms with Crippen LogP contribution in [-0.4, -0.2) is 0 Å². The molecule has 0 radical (unpaired) electrons. The molecule has 1 aromatic carbocycles. The fraction of sp³-hybridized carbons (Fsp3) is 0.231. The van der Waals surface area contributed by atoms with Crippen LogP contribution in [0.1, 0.15) is 22.7 Å². The maximum Gasteiger partial charge on any atom is 0.125 e. The van der Waals surface area contributed by atoms with E-state index in [4.69, 9.17) is 0 Å². The van der Waals surface area contributed by atoms with E-state index in [0.717, 1.165) is 10.2 Å². The molecule has 17 heavy (non-hydrogen) atoms. The Kier molecular flexibility index (Phi) is 3.84. The second-order valence-corrected chi connectivity index (χ2v) is 6.11. The lowest BCUT2D eigenvalue weighted by atomic mass is 10.2. The Balaban J connectivity index is 2.18. The summed E-state index contributed by atoms with van der Waals surface area (Å²) in [5, 5.41) is 3.30. The van der Waals surface area contributed by atoms with Gasteiger partial charge in [-0.3, -0.25) is 0 Å². The molecule has 1 N–H and O–H groups in total. The smallest absolute Gasteiger partial charge is 0.125 e. The summed E-state index contributed by atoms with van der Waals surface area (Å²) in [6.07, 6.45) is 0. The second kappa shape index (κ2) is 5.19. The van der Waals surface area contributed by atoms with E-state index in [9.17, 15) is 4.39 Å². The molecule has 0 aliphatic carbocycles. The Morgan fingerprint density at radius 3 is 2.71 bits per heavy atom. The SMILES string of the molecule is Cc1ccc(C(C)Nc2cc(F)ccc2Br)s1. The molecule has 0 spiro atoms.